The Labute approximate surface area is 258 Å². The Morgan fingerprint density at radius 3 is 2.05 bits per heavy atom. The topological polar surface area (TPSA) is 72.1 Å². The van der Waals surface area contributed by atoms with Crippen LogP contribution in [0, 0.1) is 11.6 Å². The maximum Gasteiger partial charge on any atom is 0.261 e. The summed E-state index contributed by atoms with van der Waals surface area (Å²) >= 11 is 0. The molecular weight excluding hydrogens is 578 g/mol. The lowest BCUT2D eigenvalue weighted by atomic mass is 10.00. The highest BCUT2D eigenvalue weighted by Crippen LogP contribution is 2.39. The number of halogens is 2. The van der Waals surface area contributed by atoms with Gasteiger partial charge in [-0.2, -0.15) is 0 Å². The third kappa shape index (κ3) is 5.81. The van der Waals surface area contributed by atoms with Crippen molar-refractivity contribution in [1.82, 2.24) is 9.55 Å². The summed E-state index contributed by atoms with van der Waals surface area (Å²) in [7, 11) is -1.34. The molecule has 1 aliphatic heterocycles. The Morgan fingerprint density at radius 2 is 1.57 bits per heavy atom. The van der Waals surface area contributed by atoms with E-state index in [0.29, 0.717) is 24.3 Å². The second-order valence-electron chi connectivity index (χ2n) is 12.5. The lowest BCUT2D eigenvalue weighted by Crippen LogP contribution is -2.66. The van der Waals surface area contributed by atoms with Gasteiger partial charge in [-0.05, 0) is 35.3 Å². The monoisotopic (exact) mass is 618 g/mol. The molecule has 0 unspecified atom stereocenters. The minimum Gasteiger partial charge on any atom is -0.410 e. The second-order valence-corrected chi connectivity index (χ2v) is 16.8. The van der Waals surface area contributed by atoms with Crippen molar-refractivity contribution in [2.24, 2.45) is 12.2 Å². The van der Waals surface area contributed by atoms with Crippen molar-refractivity contribution in [3.63, 3.8) is 0 Å². The van der Waals surface area contributed by atoms with Gasteiger partial charge in [0.15, 0.2) is 11.6 Å². The number of nitrogens with zero attached hydrogens (tertiary/aromatic N) is 4. The Morgan fingerprint density at radius 1 is 1.00 bits per heavy atom. The van der Waals surface area contributed by atoms with Gasteiger partial charge in [-0.15, -0.1) is 0 Å². The Bertz CT molecular complexity index is 1570. The average molecular weight is 619 g/mol. The highest BCUT2D eigenvalue weighted by molar-refractivity contribution is 6.99. The zero-order valence-electron chi connectivity index (χ0n) is 26.1. The molecule has 1 aromatic heterocycles. The first-order valence-corrected chi connectivity index (χ1v) is 16.7. The Kier molecular flexibility index (Phi) is 9.06. The van der Waals surface area contributed by atoms with Gasteiger partial charge in [-0.25, -0.2) is 13.8 Å². The van der Waals surface area contributed by atoms with E-state index in [0.717, 1.165) is 10.4 Å². The van der Waals surface area contributed by atoms with Crippen LogP contribution in [0.25, 0.3) is 0 Å². The highest BCUT2D eigenvalue weighted by atomic mass is 28.4. The molecule has 5 rings (SSSR count). The minimum atomic E-state index is -3.03. The maximum absolute atomic E-state index is 16.4. The van der Waals surface area contributed by atoms with Crippen LogP contribution >= 0.6 is 0 Å². The molecular formula is C34H40F2N4O3Si. The number of oxime groups is 1. The van der Waals surface area contributed by atoms with Crippen molar-refractivity contribution < 1.29 is 23.2 Å². The number of hydrogen-bond acceptors (Lipinski definition) is 6. The number of morpholine rings is 1. The van der Waals surface area contributed by atoms with E-state index >= 15 is 8.78 Å². The minimum absolute atomic E-state index is 0.00295. The third-order valence-corrected chi connectivity index (χ3v) is 13.3. The summed E-state index contributed by atoms with van der Waals surface area (Å²) in [5.41, 5.74) is 0.632. The third-order valence-electron chi connectivity index (χ3n) is 8.27. The number of ether oxygens (including phenoxy) is 1. The lowest BCUT2D eigenvalue weighted by molar-refractivity contribution is -0.00553. The summed E-state index contributed by atoms with van der Waals surface area (Å²) in [6.45, 7) is 11.1. The molecule has 0 aliphatic carbocycles. The quantitative estimate of drug-likeness (QED) is 0.120. The van der Waals surface area contributed by atoms with E-state index in [4.69, 9.17) is 9.16 Å². The molecule has 3 aromatic carbocycles. The fraction of sp³-hybridized carbons (Fsp3) is 0.353. The van der Waals surface area contributed by atoms with Gasteiger partial charge < -0.3 is 23.8 Å². The molecule has 0 radical (unpaired) electrons. The van der Waals surface area contributed by atoms with Crippen molar-refractivity contribution >= 4 is 30.1 Å². The summed E-state index contributed by atoms with van der Waals surface area (Å²) in [6.07, 6.45) is 2.59. The SMILES string of the molecule is C[C@@H]1CN(c2c(CO[Si](c3ccccc3)(c3ccccc3)C(C)(C)C)cc(C(=NO)c3cncn3C)c(F)c2F)C[C@H](C)O1. The van der Waals surface area contributed by atoms with Crippen LogP contribution in [0.1, 0.15) is 51.4 Å². The molecule has 1 aliphatic rings. The molecule has 0 saturated carbocycles. The number of hydrogen-bond donors (Lipinski definition) is 1. The summed E-state index contributed by atoms with van der Waals surface area (Å²) in [4.78, 5) is 5.91. The molecule has 0 spiro atoms. The van der Waals surface area contributed by atoms with Crippen molar-refractivity contribution in [3.05, 3.63) is 108 Å². The van der Waals surface area contributed by atoms with Crippen LogP contribution in [0.4, 0.5) is 14.5 Å². The number of aromatic nitrogens is 2. The fourth-order valence-electron chi connectivity index (χ4n) is 6.43. The number of rotatable bonds is 8. The van der Waals surface area contributed by atoms with Crippen LogP contribution in [0.5, 0.6) is 0 Å². The highest BCUT2D eigenvalue weighted by Gasteiger charge is 2.50. The summed E-state index contributed by atoms with van der Waals surface area (Å²) in [6, 6.07) is 21.9. The first-order chi connectivity index (χ1) is 21.0. The van der Waals surface area contributed by atoms with E-state index in [1.807, 2.05) is 55.1 Å². The van der Waals surface area contributed by atoms with Crippen LogP contribution in [-0.2, 0) is 22.8 Å². The normalized spacial score (nSPS) is 18.1. The summed E-state index contributed by atoms with van der Waals surface area (Å²) < 4.78 is 47.2. The first-order valence-electron chi connectivity index (χ1n) is 14.8. The number of anilines is 1. The zero-order valence-corrected chi connectivity index (χ0v) is 27.1. The molecule has 1 N–H and O–H groups in total. The molecule has 44 heavy (non-hydrogen) atoms. The number of benzene rings is 3. The van der Waals surface area contributed by atoms with Crippen LogP contribution in [0.15, 0.2) is 84.4 Å². The lowest BCUT2D eigenvalue weighted by Gasteiger charge is -2.43. The molecule has 0 amide bonds. The van der Waals surface area contributed by atoms with Crippen molar-refractivity contribution in [2.75, 3.05) is 18.0 Å². The summed E-state index contributed by atoms with van der Waals surface area (Å²) in [5, 5.41) is 15.3. The van der Waals surface area contributed by atoms with Gasteiger partial charge in [0, 0.05) is 31.3 Å². The van der Waals surface area contributed by atoms with Crippen LogP contribution in [-0.4, -0.2) is 54.1 Å². The standard InChI is InChI=1S/C34H40F2N4O3Si/c1-23-19-40(20-24(2)43-23)33-25(17-28(30(35)31(33)36)32(38-41)29-18-37-22-39(29)6)21-42-44(34(3,4)5,26-13-9-7-10-14-26)27-15-11-8-12-16-27/h7-18,22-24,41H,19-21H2,1-6H3/t23-,24+. The van der Waals surface area contributed by atoms with E-state index in [1.165, 1.54) is 12.5 Å². The van der Waals surface area contributed by atoms with Gasteiger partial charge in [0.25, 0.3) is 8.32 Å². The summed E-state index contributed by atoms with van der Waals surface area (Å²) in [5.74, 6) is -2.12. The number of aryl methyl sites for hydroxylation is 1. The smallest absolute Gasteiger partial charge is 0.261 e. The Balaban J connectivity index is 1.71. The number of imidazole rings is 1. The molecule has 7 nitrogen and oxygen atoms in total. The first kappa shape index (κ1) is 31.6. The van der Waals surface area contributed by atoms with E-state index < -0.39 is 20.0 Å². The molecule has 1 fully saturated rings. The van der Waals surface area contributed by atoms with Crippen LogP contribution in [0.3, 0.4) is 0 Å². The molecule has 10 heteroatoms. The van der Waals surface area contributed by atoms with Crippen LogP contribution < -0.4 is 15.3 Å². The van der Waals surface area contributed by atoms with E-state index in [2.05, 4.69) is 55.2 Å². The van der Waals surface area contributed by atoms with Gasteiger partial charge >= 0.3 is 0 Å². The maximum atomic E-state index is 16.4. The van der Waals surface area contributed by atoms with Gasteiger partial charge in [0.1, 0.15) is 5.71 Å². The van der Waals surface area contributed by atoms with Crippen molar-refractivity contribution in [3.8, 4) is 0 Å². The van der Waals surface area contributed by atoms with E-state index in [1.54, 1.807) is 17.7 Å². The van der Waals surface area contributed by atoms with Crippen LogP contribution in [0.2, 0.25) is 5.04 Å². The molecule has 232 valence electrons. The molecule has 2 atom stereocenters. The van der Waals surface area contributed by atoms with Gasteiger partial charge in [-0.3, -0.25) is 0 Å². The molecule has 2 heterocycles. The Hall–Kier alpha value is -3.86. The zero-order chi connectivity index (χ0) is 31.6. The van der Waals surface area contributed by atoms with Gasteiger partial charge in [0.2, 0.25) is 0 Å². The van der Waals surface area contributed by atoms with Crippen molar-refractivity contribution in [2.45, 2.75) is 58.5 Å². The molecule has 0 bridgehead atoms. The van der Waals surface area contributed by atoms with E-state index in [-0.39, 0.29) is 40.8 Å². The predicted molar refractivity (Wildman–Crippen MR) is 172 cm³/mol. The van der Waals surface area contributed by atoms with Gasteiger partial charge in [-0.1, -0.05) is 86.6 Å². The molecule has 1 saturated heterocycles. The average Bonchev–Trinajstić information content (AvgIpc) is 3.41. The van der Waals surface area contributed by atoms with Crippen molar-refractivity contribution in [1.29, 1.82) is 0 Å². The van der Waals surface area contributed by atoms with Gasteiger partial charge in [0.05, 0.1) is 42.7 Å². The van der Waals surface area contributed by atoms with E-state index in [9.17, 15) is 5.21 Å². The fourth-order valence-corrected chi connectivity index (χ4v) is 11.0. The largest absolute Gasteiger partial charge is 0.410 e. The second kappa shape index (κ2) is 12.6. The molecule has 4 aromatic rings. The predicted octanol–water partition coefficient (Wildman–Crippen LogP) is 5.62.